The van der Waals surface area contributed by atoms with E-state index in [4.69, 9.17) is 17.3 Å². The van der Waals surface area contributed by atoms with Crippen LogP contribution in [0, 0.1) is 5.92 Å². The molecular weight excluding hydrogens is 296 g/mol. The number of hydrogen-bond acceptors (Lipinski definition) is 3. The van der Waals surface area contributed by atoms with Crippen LogP contribution in [0.5, 0.6) is 0 Å². The Bertz CT molecular complexity index is 487. The van der Waals surface area contributed by atoms with Gasteiger partial charge in [-0.3, -0.25) is 9.59 Å². The van der Waals surface area contributed by atoms with Crippen LogP contribution in [0.1, 0.15) is 38.5 Å². The molecule has 2 amide bonds. The van der Waals surface area contributed by atoms with Crippen molar-refractivity contribution in [2.45, 2.75) is 45.6 Å². The van der Waals surface area contributed by atoms with Gasteiger partial charge >= 0.3 is 0 Å². The second kappa shape index (κ2) is 7.09. The molecule has 1 unspecified atom stereocenters. The molecule has 1 rings (SSSR count). The van der Waals surface area contributed by atoms with Crippen LogP contribution in [0.25, 0.3) is 0 Å². The lowest BCUT2D eigenvalue weighted by atomic mass is 9.90. The molecule has 0 aliphatic rings. The summed E-state index contributed by atoms with van der Waals surface area (Å²) in [5.41, 5.74) is 4.42. The van der Waals surface area contributed by atoms with Crippen molar-refractivity contribution in [3.05, 3.63) is 21.3 Å². The Morgan fingerprint density at radius 1 is 1.45 bits per heavy atom. The minimum Gasteiger partial charge on any atom is -0.368 e. The van der Waals surface area contributed by atoms with Gasteiger partial charge < -0.3 is 11.1 Å². The third-order valence-electron chi connectivity index (χ3n) is 3.00. The van der Waals surface area contributed by atoms with Crippen LogP contribution in [0.4, 0.5) is 0 Å². The summed E-state index contributed by atoms with van der Waals surface area (Å²) in [6.45, 7) is 5.65. The van der Waals surface area contributed by atoms with Crippen LogP contribution < -0.4 is 11.1 Å². The zero-order chi connectivity index (χ0) is 15.3. The summed E-state index contributed by atoms with van der Waals surface area (Å²) in [7, 11) is 0. The zero-order valence-electron chi connectivity index (χ0n) is 12.0. The van der Waals surface area contributed by atoms with E-state index in [2.05, 4.69) is 5.32 Å². The highest BCUT2D eigenvalue weighted by Crippen LogP contribution is 2.22. The van der Waals surface area contributed by atoms with Crippen LogP contribution >= 0.6 is 22.9 Å². The molecule has 112 valence electrons. The average molecular weight is 317 g/mol. The molecule has 1 aromatic rings. The van der Waals surface area contributed by atoms with Gasteiger partial charge in [0.15, 0.2) is 0 Å². The largest absolute Gasteiger partial charge is 0.368 e. The Morgan fingerprint density at radius 2 is 2.10 bits per heavy atom. The Hall–Kier alpha value is -1.07. The van der Waals surface area contributed by atoms with Crippen LogP contribution in [-0.4, -0.2) is 17.4 Å². The first-order valence-corrected chi connectivity index (χ1v) is 7.77. The molecule has 4 nitrogen and oxygen atoms in total. The number of carbonyl (C=O) groups excluding carboxylic acids is 2. The SMILES string of the molecule is CC(C)CC(C)(NC(=O)CCc1ccc(Cl)s1)C(N)=O. The van der Waals surface area contributed by atoms with E-state index in [0.717, 1.165) is 4.88 Å². The van der Waals surface area contributed by atoms with Crippen LogP contribution in [0.15, 0.2) is 12.1 Å². The van der Waals surface area contributed by atoms with Crippen molar-refractivity contribution in [3.8, 4) is 0 Å². The molecule has 0 fully saturated rings. The van der Waals surface area contributed by atoms with Gasteiger partial charge in [-0.05, 0) is 37.8 Å². The van der Waals surface area contributed by atoms with Crippen LogP contribution in [0.2, 0.25) is 4.34 Å². The molecule has 6 heteroatoms. The first kappa shape index (κ1) is 17.0. The van der Waals surface area contributed by atoms with Crippen molar-refractivity contribution in [3.63, 3.8) is 0 Å². The molecule has 0 aliphatic carbocycles. The van der Waals surface area contributed by atoms with Crippen molar-refractivity contribution < 1.29 is 9.59 Å². The van der Waals surface area contributed by atoms with E-state index in [1.54, 1.807) is 6.92 Å². The molecule has 0 saturated heterocycles. The molecule has 0 aliphatic heterocycles. The number of rotatable bonds is 7. The van der Waals surface area contributed by atoms with Gasteiger partial charge in [-0.2, -0.15) is 0 Å². The highest BCUT2D eigenvalue weighted by atomic mass is 35.5. The van der Waals surface area contributed by atoms with E-state index >= 15 is 0 Å². The molecule has 3 N–H and O–H groups in total. The highest BCUT2D eigenvalue weighted by Gasteiger charge is 2.33. The Labute approximate surface area is 128 Å². The minimum absolute atomic E-state index is 0.170. The first-order valence-electron chi connectivity index (χ1n) is 6.58. The fourth-order valence-corrected chi connectivity index (χ4v) is 3.21. The third-order valence-corrected chi connectivity index (χ3v) is 4.29. The summed E-state index contributed by atoms with van der Waals surface area (Å²) < 4.78 is 0.710. The predicted octanol–water partition coefficient (Wildman–Crippen LogP) is 2.74. The number of nitrogens with two attached hydrogens (primary N) is 1. The van der Waals surface area contributed by atoms with Gasteiger partial charge in [0.25, 0.3) is 0 Å². The number of primary amides is 1. The van der Waals surface area contributed by atoms with Crippen molar-refractivity contribution in [2.24, 2.45) is 11.7 Å². The highest BCUT2D eigenvalue weighted by molar-refractivity contribution is 7.16. The maximum Gasteiger partial charge on any atom is 0.242 e. The summed E-state index contributed by atoms with van der Waals surface area (Å²) in [5, 5.41) is 2.76. The van der Waals surface area contributed by atoms with Crippen molar-refractivity contribution in [2.75, 3.05) is 0 Å². The molecule has 0 spiro atoms. The topological polar surface area (TPSA) is 72.2 Å². The van der Waals surface area contributed by atoms with Crippen molar-refractivity contribution >= 4 is 34.8 Å². The summed E-state index contributed by atoms with van der Waals surface area (Å²) in [5.74, 6) is -0.404. The van der Waals surface area contributed by atoms with E-state index in [9.17, 15) is 9.59 Å². The van der Waals surface area contributed by atoms with E-state index in [1.165, 1.54) is 11.3 Å². The molecule has 1 aromatic heterocycles. The molecule has 20 heavy (non-hydrogen) atoms. The first-order chi connectivity index (χ1) is 9.23. The number of carbonyl (C=O) groups is 2. The molecule has 1 heterocycles. The Morgan fingerprint density at radius 3 is 2.55 bits per heavy atom. The van der Waals surface area contributed by atoms with Crippen molar-refractivity contribution in [1.29, 1.82) is 0 Å². The molecule has 0 radical (unpaired) electrons. The fraction of sp³-hybridized carbons (Fsp3) is 0.571. The molecule has 1 atom stereocenters. The number of amides is 2. The lowest BCUT2D eigenvalue weighted by Gasteiger charge is -2.29. The monoisotopic (exact) mass is 316 g/mol. The minimum atomic E-state index is -0.988. The Kier molecular flexibility index (Phi) is 6.02. The molecule has 0 saturated carbocycles. The van der Waals surface area contributed by atoms with E-state index in [-0.39, 0.29) is 11.8 Å². The number of hydrogen-bond donors (Lipinski definition) is 2. The van der Waals surface area contributed by atoms with Gasteiger partial charge in [0.05, 0.1) is 4.34 Å². The van der Waals surface area contributed by atoms with E-state index in [1.807, 2.05) is 26.0 Å². The summed E-state index contributed by atoms with van der Waals surface area (Å²) in [4.78, 5) is 24.6. The zero-order valence-corrected chi connectivity index (χ0v) is 13.6. The smallest absolute Gasteiger partial charge is 0.242 e. The van der Waals surface area contributed by atoms with Crippen molar-refractivity contribution in [1.82, 2.24) is 5.32 Å². The predicted molar refractivity (Wildman–Crippen MR) is 82.8 cm³/mol. The average Bonchev–Trinajstić information content (AvgIpc) is 2.71. The normalized spacial score (nSPS) is 14.1. The quantitative estimate of drug-likeness (QED) is 0.812. The molecule has 0 aromatic carbocycles. The summed E-state index contributed by atoms with van der Waals surface area (Å²) >= 11 is 7.30. The third kappa shape index (κ3) is 5.13. The second-order valence-electron chi connectivity index (χ2n) is 5.55. The van der Waals surface area contributed by atoms with Gasteiger partial charge in [0.1, 0.15) is 5.54 Å². The van der Waals surface area contributed by atoms with Gasteiger partial charge in [0.2, 0.25) is 11.8 Å². The molecular formula is C14H21ClN2O2S. The van der Waals surface area contributed by atoms with Crippen LogP contribution in [-0.2, 0) is 16.0 Å². The number of aryl methyl sites for hydroxylation is 1. The number of halogens is 1. The lowest BCUT2D eigenvalue weighted by molar-refractivity contribution is -0.131. The van der Waals surface area contributed by atoms with Gasteiger partial charge in [-0.1, -0.05) is 25.4 Å². The lowest BCUT2D eigenvalue weighted by Crippen LogP contribution is -2.56. The fourth-order valence-electron chi connectivity index (χ4n) is 2.12. The second-order valence-corrected chi connectivity index (χ2v) is 7.35. The number of nitrogens with one attached hydrogen (secondary N) is 1. The van der Waals surface area contributed by atoms with E-state index < -0.39 is 11.4 Å². The standard InChI is InChI=1S/C14H21ClN2O2S/c1-9(2)8-14(3,13(16)19)17-12(18)7-5-10-4-6-11(15)20-10/h4,6,9H,5,7-8H2,1-3H3,(H2,16,19)(H,17,18). The van der Waals surface area contributed by atoms with E-state index in [0.29, 0.717) is 23.6 Å². The van der Waals surface area contributed by atoms with Gasteiger partial charge in [-0.15, -0.1) is 11.3 Å². The Balaban J connectivity index is 2.56. The molecule has 0 bridgehead atoms. The summed E-state index contributed by atoms with van der Waals surface area (Å²) in [6, 6.07) is 3.72. The van der Waals surface area contributed by atoms with Gasteiger partial charge in [0, 0.05) is 11.3 Å². The maximum absolute atomic E-state index is 12.0. The summed E-state index contributed by atoms with van der Waals surface area (Å²) in [6.07, 6.45) is 1.45. The number of thiophene rings is 1. The van der Waals surface area contributed by atoms with Crippen LogP contribution in [0.3, 0.4) is 0 Å². The maximum atomic E-state index is 12.0. The van der Waals surface area contributed by atoms with Gasteiger partial charge in [-0.25, -0.2) is 0 Å².